The summed E-state index contributed by atoms with van der Waals surface area (Å²) in [6, 6.07) is 3.15. The summed E-state index contributed by atoms with van der Waals surface area (Å²) in [5.74, 6) is 0. The lowest BCUT2D eigenvalue weighted by molar-refractivity contribution is 0.251. The van der Waals surface area contributed by atoms with Crippen LogP contribution in [-0.2, 0) is 10.0 Å². The van der Waals surface area contributed by atoms with Crippen LogP contribution in [0.5, 0.6) is 0 Å². The van der Waals surface area contributed by atoms with Crippen LogP contribution < -0.4 is 10.5 Å². The van der Waals surface area contributed by atoms with Crippen molar-refractivity contribution in [3.63, 3.8) is 0 Å². The summed E-state index contributed by atoms with van der Waals surface area (Å²) in [6.07, 6.45) is 5.21. The summed E-state index contributed by atoms with van der Waals surface area (Å²) in [5, 5.41) is 8.71. The summed E-state index contributed by atoms with van der Waals surface area (Å²) in [4.78, 5) is 3.72. The molecule has 0 saturated heterocycles. The fraction of sp³-hybridized carbons (Fsp3) is 0.455. The number of sulfonamides is 1. The molecule has 1 aromatic heterocycles. The third-order valence-corrected chi connectivity index (χ3v) is 4.48. The maximum atomic E-state index is 12.0. The van der Waals surface area contributed by atoms with Gasteiger partial charge >= 0.3 is 0 Å². The van der Waals surface area contributed by atoms with Gasteiger partial charge in [0.15, 0.2) is 0 Å². The molecule has 18 heavy (non-hydrogen) atoms. The van der Waals surface area contributed by atoms with E-state index in [-0.39, 0.29) is 17.0 Å². The largest absolute Gasteiger partial charge is 0.324 e. The number of rotatable bonds is 4. The van der Waals surface area contributed by atoms with E-state index in [2.05, 4.69) is 9.71 Å². The number of pyridine rings is 1. The zero-order valence-corrected chi connectivity index (χ0v) is 10.6. The molecule has 0 spiro atoms. The van der Waals surface area contributed by atoms with Gasteiger partial charge in [-0.25, -0.2) is 13.1 Å². The smallest absolute Gasteiger partial charge is 0.242 e. The minimum atomic E-state index is -3.65. The Bertz CT molecular complexity index is 587. The molecule has 96 valence electrons. The highest BCUT2D eigenvalue weighted by molar-refractivity contribution is 7.89. The Morgan fingerprint density at radius 2 is 2.22 bits per heavy atom. The SMILES string of the molecule is N#Cc1cncc(S(=O)(=O)NCC2(N)CCC2)c1. The Hall–Kier alpha value is -1.49. The lowest BCUT2D eigenvalue weighted by Crippen LogP contribution is -2.54. The molecule has 2 rings (SSSR count). The lowest BCUT2D eigenvalue weighted by atomic mass is 9.78. The molecular weight excluding hydrogens is 252 g/mol. The molecule has 0 atom stereocenters. The molecule has 0 aromatic carbocycles. The van der Waals surface area contributed by atoms with Crippen LogP contribution in [0.1, 0.15) is 24.8 Å². The molecule has 1 aliphatic rings. The van der Waals surface area contributed by atoms with Crippen LogP contribution in [0, 0.1) is 11.3 Å². The van der Waals surface area contributed by atoms with Gasteiger partial charge in [-0.3, -0.25) is 4.98 Å². The number of nitriles is 1. The zero-order valence-electron chi connectivity index (χ0n) is 9.76. The average molecular weight is 266 g/mol. The molecule has 7 heteroatoms. The van der Waals surface area contributed by atoms with Gasteiger partial charge in [0.1, 0.15) is 11.0 Å². The molecule has 1 saturated carbocycles. The Labute approximate surface area is 106 Å². The second-order valence-corrected chi connectivity index (χ2v) is 6.33. The number of nitrogens with one attached hydrogen (secondary N) is 1. The van der Waals surface area contributed by atoms with E-state index in [4.69, 9.17) is 11.0 Å². The molecule has 0 radical (unpaired) electrons. The van der Waals surface area contributed by atoms with Crippen molar-refractivity contribution in [1.82, 2.24) is 9.71 Å². The number of aromatic nitrogens is 1. The summed E-state index contributed by atoms with van der Waals surface area (Å²) in [6.45, 7) is 0.214. The van der Waals surface area contributed by atoms with Crippen molar-refractivity contribution in [2.24, 2.45) is 5.73 Å². The van der Waals surface area contributed by atoms with Crippen molar-refractivity contribution >= 4 is 10.0 Å². The van der Waals surface area contributed by atoms with Crippen LogP contribution in [0.4, 0.5) is 0 Å². The highest BCUT2D eigenvalue weighted by Gasteiger charge is 2.33. The Kier molecular flexibility index (Phi) is 3.34. The molecule has 1 fully saturated rings. The normalized spacial score (nSPS) is 17.8. The van der Waals surface area contributed by atoms with Crippen LogP contribution >= 0.6 is 0 Å². The maximum Gasteiger partial charge on any atom is 0.242 e. The molecular formula is C11H14N4O2S. The minimum absolute atomic E-state index is 0.00975. The van der Waals surface area contributed by atoms with Gasteiger partial charge in [0, 0.05) is 24.5 Å². The fourth-order valence-corrected chi connectivity index (χ4v) is 2.88. The first-order valence-electron chi connectivity index (χ1n) is 5.59. The standard InChI is InChI=1S/C11H14N4O2S/c12-5-9-4-10(7-14-6-9)18(16,17)15-8-11(13)2-1-3-11/h4,6-7,15H,1-3,8,13H2. The highest BCUT2D eigenvalue weighted by Crippen LogP contribution is 2.28. The van der Waals surface area contributed by atoms with E-state index in [9.17, 15) is 8.42 Å². The van der Waals surface area contributed by atoms with Gasteiger partial charge in [0.2, 0.25) is 10.0 Å². The van der Waals surface area contributed by atoms with Crippen molar-refractivity contribution < 1.29 is 8.42 Å². The second kappa shape index (κ2) is 4.65. The van der Waals surface area contributed by atoms with E-state index in [1.54, 1.807) is 0 Å². The third-order valence-electron chi connectivity index (χ3n) is 3.12. The lowest BCUT2D eigenvalue weighted by Gasteiger charge is -2.37. The monoisotopic (exact) mass is 266 g/mol. The maximum absolute atomic E-state index is 12.0. The van der Waals surface area contributed by atoms with Crippen molar-refractivity contribution in [2.75, 3.05) is 6.54 Å². The summed E-state index contributed by atoms with van der Waals surface area (Å²) < 4.78 is 26.4. The van der Waals surface area contributed by atoms with Gasteiger partial charge in [0.05, 0.1) is 5.56 Å². The van der Waals surface area contributed by atoms with Crippen LogP contribution in [0.25, 0.3) is 0 Å². The quantitative estimate of drug-likeness (QED) is 0.804. The van der Waals surface area contributed by atoms with Gasteiger partial charge in [0.25, 0.3) is 0 Å². The van der Waals surface area contributed by atoms with Crippen LogP contribution in [0.15, 0.2) is 23.4 Å². The van der Waals surface area contributed by atoms with E-state index in [0.717, 1.165) is 19.3 Å². The van der Waals surface area contributed by atoms with E-state index in [1.165, 1.54) is 18.5 Å². The van der Waals surface area contributed by atoms with E-state index in [1.807, 2.05) is 6.07 Å². The van der Waals surface area contributed by atoms with Crippen LogP contribution in [0.3, 0.4) is 0 Å². The molecule has 1 aliphatic carbocycles. The van der Waals surface area contributed by atoms with Crippen molar-refractivity contribution in [3.8, 4) is 6.07 Å². The Balaban J connectivity index is 2.12. The Morgan fingerprint density at radius 1 is 1.50 bits per heavy atom. The van der Waals surface area contributed by atoms with Crippen molar-refractivity contribution in [1.29, 1.82) is 5.26 Å². The molecule has 6 nitrogen and oxygen atoms in total. The summed E-state index contributed by atoms with van der Waals surface area (Å²) in [7, 11) is -3.65. The number of nitrogens with zero attached hydrogens (tertiary/aromatic N) is 2. The number of hydrogen-bond donors (Lipinski definition) is 2. The first-order chi connectivity index (χ1) is 8.45. The van der Waals surface area contributed by atoms with Crippen molar-refractivity contribution in [2.45, 2.75) is 29.7 Å². The first-order valence-corrected chi connectivity index (χ1v) is 7.07. The molecule has 1 aromatic rings. The molecule has 0 bridgehead atoms. The zero-order chi connectivity index (χ0) is 13.2. The van der Waals surface area contributed by atoms with Crippen LogP contribution in [0.2, 0.25) is 0 Å². The first kappa shape index (κ1) is 13.0. The van der Waals surface area contributed by atoms with Gasteiger partial charge in [-0.15, -0.1) is 0 Å². The third kappa shape index (κ3) is 2.67. The van der Waals surface area contributed by atoms with E-state index in [0.29, 0.717) is 0 Å². The highest BCUT2D eigenvalue weighted by atomic mass is 32.2. The number of hydrogen-bond acceptors (Lipinski definition) is 5. The minimum Gasteiger partial charge on any atom is -0.324 e. The average Bonchev–Trinajstić information content (AvgIpc) is 2.34. The number of nitrogens with two attached hydrogens (primary N) is 1. The van der Waals surface area contributed by atoms with Gasteiger partial charge in [-0.2, -0.15) is 5.26 Å². The van der Waals surface area contributed by atoms with Gasteiger partial charge < -0.3 is 5.73 Å². The Morgan fingerprint density at radius 3 is 2.78 bits per heavy atom. The fourth-order valence-electron chi connectivity index (χ4n) is 1.76. The predicted octanol–water partition coefficient (Wildman–Crippen LogP) is 0.113. The molecule has 0 aliphatic heterocycles. The predicted molar refractivity (Wildman–Crippen MR) is 64.9 cm³/mol. The van der Waals surface area contributed by atoms with E-state index >= 15 is 0 Å². The second-order valence-electron chi connectivity index (χ2n) is 4.56. The molecule has 0 unspecified atom stereocenters. The van der Waals surface area contributed by atoms with Crippen molar-refractivity contribution in [3.05, 3.63) is 24.0 Å². The van der Waals surface area contributed by atoms with Gasteiger partial charge in [-0.05, 0) is 25.3 Å². The molecule has 1 heterocycles. The summed E-state index contributed by atoms with van der Waals surface area (Å²) in [5.41, 5.74) is 5.74. The molecule has 3 N–H and O–H groups in total. The van der Waals surface area contributed by atoms with Gasteiger partial charge in [-0.1, -0.05) is 0 Å². The topological polar surface area (TPSA) is 109 Å². The molecule has 0 amide bonds. The summed E-state index contributed by atoms with van der Waals surface area (Å²) >= 11 is 0. The van der Waals surface area contributed by atoms with E-state index < -0.39 is 15.6 Å². The van der Waals surface area contributed by atoms with Crippen LogP contribution in [-0.4, -0.2) is 25.5 Å².